The van der Waals surface area contributed by atoms with E-state index in [-0.39, 0.29) is 17.3 Å². The van der Waals surface area contributed by atoms with Gasteiger partial charge in [-0.15, -0.1) is 0 Å². The van der Waals surface area contributed by atoms with Gasteiger partial charge >= 0.3 is 5.97 Å². The molecule has 1 amide bonds. The van der Waals surface area contributed by atoms with Crippen LogP contribution in [-0.4, -0.2) is 36.5 Å². The second kappa shape index (κ2) is 5.39. The number of amides is 1. The molecule has 0 spiro atoms. The van der Waals surface area contributed by atoms with Gasteiger partial charge in [0.05, 0.1) is 11.3 Å². The highest BCUT2D eigenvalue weighted by Crippen LogP contribution is 2.17. The molecule has 2 heterocycles. The Morgan fingerprint density at radius 3 is 2.57 bits per heavy atom. The normalized spacial score (nSPS) is 10.9. The second-order valence-corrected chi connectivity index (χ2v) is 5.03. The van der Waals surface area contributed by atoms with Crippen LogP contribution in [0.5, 0.6) is 0 Å². The molecule has 112 valence electrons. The largest absolute Gasteiger partial charge is 0.476 e. The van der Waals surface area contributed by atoms with E-state index in [0.717, 1.165) is 5.69 Å². The lowest BCUT2D eigenvalue weighted by atomic mass is 10.2. The Morgan fingerprint density at radius 1 is 1.33 bits per heavy atom. The summed E-state index contributed by atoms with van der Waals surface area (Å²) in [5.41, 5.74) is 0.505. The third kappa shape index (κ3) is 2.93. The zero-order valence-electron chi connectivity index (χ0n) is 12.3. The number of nitrogens with one attached hydrogen (secondary N) is 1. The molecule has 0 fully saturated rings. The van der Waals surface area contributed by atoms with E-state index in [9.17, 15) is 9.59 Å². The molecule has 2 aromatic heterocycles. The standard InChI is InChI=1S/C13H17N5O3/c1-7(2)18-10(5-8(3)15-18)14-12(19)9-6-17(4)16-11(9)13(20)21/h5-7H,1-4H3,(H,14,19)(H,20,21). The van der Waals surface area contributed by atoms with Crippen molar-refractivity contribution in [1.82, 2.24) is 19.6 Å². The lowest BCUT2D eigenvalue weighted by Crippen LogP contribution is -2.18. The predicted molar refractivity (Wildman–Crippen MR) is 75.5 cm³/mol. The van der Waals surface area contributed by atoms with Gasteiger partial charge in [-0.25, -0.2) is 9.48 Å². The molecule has 0 saturated carbocycles. The maximum absolute atomic E-state index is 12.3. The molecule has 0 aliphatic carbocycles. The summed E-state index contributed by atoms with van der Waals surface area (Å²) in [6, 6.07) is 1.80. The third-order valence-corrected chi connectivity index (χ3v) is 2.86. The summed E-state index contributed by atoms with van der Waals surface area (Å²) in [4.78, 5) is 23.4. The van der Waals surface area contributed by atoms with E-state index in [2.05, 4.69) is 15.5 Å². The number of nitrogens with zero attached hydrogens (tertiary/aromatic N) is 4. The minimum atomic E-state index is -1.24. The zero-order valence-corrected chi connectivity index (χ0v) is 12.3. The average molecular weight is 291 g/mol. The smallest absolute Gasteiger partial charge is 0.357 e. The number of anilines is 1. The van der Waals surface area contributed by atoms with Gasteiger partial charge < -0.3 is 10.4 Å². The van der Waals surface area contributed by atoms with E-state index < -0.39 is 11.9 Å². The van der Waals surface area contributed by atoms with E-state index in [0.29, 0.717) is 5.82 Å². The van der Waals surface area contributed by atoms with Crippen LogP contribution in [0.15, 0.2) is 12.3 Å². The number of hydrogen-bond acceptors (Lipinski definition) is 4. The topological polar surface area (TPSA) is 102 Å². The van der Waals surface area contributed by atoms with Gasteiger partial charge in [0.25, 0.3) is 5.91 Å². The highest BCUT2D eigenvalue weighted by molar-refractivity contribution is 6.09. The van der Waals surface area contributed by atoms with Gasteiger partial charge in [-0.05, 0) is 20.8 Å². The van der Waals surface area contributed by atoms with Crippen molar-refractivity contribution in [1.29, 1.82) is 0 Å². The Labute approximate surface area is 121 Å². The molecule has 2 N–H and O–H groups in total. The summed E-state index contributed by atoms with van der Waals surface area (Å²) in [5, 5.41) is 19.8. The fourth-order valence-electron chi connectivity index (χ4n) is 2.00. The van der Waals surface area contributed by atoms with Crippen LogP contribution in [0.3, 0.4) is 0 Å². The Bertz CT molecular complexity index is 699. The monoisotopic (exact) mass is 291 g/mol. The van der Waals surface area contributed by atoms with Gasteiger partial charge in [0.2, 0.25) is 0 Å². The molecule has 0 radical (unpaired) electrons. The summed E-state index contributed by atoms with van der Waals surface area (Å²) in [6.45, 7) is 5.70. The minimum Gasteiger partial charge on any atom is -0.476 e. The van der Waals surface area contributed by atoms with Crippen LogP contribution in [0.4, 0.5) is 5.82 Å². The van der Waals surface area contributed by atoms with Gasteiger partial charge in [-0.1, -0.05) is 0 Å². The van der Waals surface area contributed by atoms with Crippen molar-refractivity contribution in [3.8, 4) is 0 Å². The molecule has 21 heavy (non-hydrogen) atoms. The van der Waals surface area contributed by atoms with E-state index in [1.807, 2.05) is 20.8 Å². The first-order chi connectivity index (χ1) is 9.79. The molecule has 0 unspecified atom stereocenters. The molecule has 0 aromatic carbocycles. The minimum absolute atomic E-state index is 0.0131. The van der Waals surface area contributed by atoms with Crippen molar-refractivity contribution < 1.29 is 14.7 Å². The van der Waals surface area contributed by atoms with Crippen LogP contribution >= 0.6 is 0 Å². The van der Waals surface area contributed by atoms with E-state index >= 15 is 0 Å². The fourth-order valence-corrected chi connectivity index (χ4v) is 2.00. The second-order valence-electron chi connectivity index (χ2n) is 5.03. The van der Waals surface area contributed by atoms with E-state index in [1.165, 1.54) is 10.9 Å². The van der Waals surface area contributed by atoms with Crippen LogP contribution in [0.25, 0.3) is 0 Å². The Morgan fingerprint density at radius 2 is 2.00 bits per heavy atom. The quantitative estimate of drug-likeness (QED) is 0.887. The van der Waals surface area contributed by atoms with Gasteiger partial charge in [0, 0.05) is 25.4 Å². The van der Waals surface area contributed by atoms with Crippen LogP contribution in [0.1, 0.15) is 46.4 Å². The van der Waals surface area contributed by atoms with Crippen LogP contribution < -0.4 is 5.32 Å². The molecule has 2 aromatic rings. The Hall–Kier alpha value is -2.64. The molecule has 0 atom stereocenters. The lowest BCUT2D eigenvalue weighted by molar-refractivity contribution is 0.0685. The highest BCUT2D eigenvalue weighted by Gasteiger charge is 2.22. The molecule has 0 aliphatic rings. The average Bonchev–Trinajstić information content (AvgIpc) is 2.92. The van der Waals surface area contributed by atoms with E-state index in [4.69, 9.17) is 5.11 Å². The molecule has 2 rings (SSSR count). The zero-order chi connectivity index (χ0) is 15.7. The van der Waals surface area contributed by atoms with Crippen molar-refractivity contribution in [3.63, 3.8) is 0 Å². The summed E-state index contributed by atoms with van der Waals surface area (Å²) in [6.07, 6.45) is 1.38. The van der Waals surface area contributed by atoms with Crippen molar-refractivity contribution in [2.45, 2.75) is 26.8 Å². The van der Waals surface area contributed by atoms with Crippen molar-refractivity contribution >= 4 is 17.7 Å². The number of rotatable bonds is 4. The van der Waals surface area contributed by atoms with Gasteiger partial charge in [-0.3, -0.25) is 9.48 Å². The third-order valence-electron chi connectivity index (χ3n) is 2.86. The summed E-state index contributed by atoms with van der Waals surface area (Å²) < 4.78 is 2.97. The van der Waals surface area contributed by atoms with Crippen molar-refractivity contribution in [2.24, 2.45) is 7.05 Å². The SMILES string of the molecule is Cc1cc(NC(=O)c2cn(C)nc2C(=O)O)n(C(C)C)n1. The first-order valence-corrected chi connectivity index (χ1v) is 6.44. The van der Waals surface area contributed by atoms with Crippen LogP contribution in [-0.2, 0) is 7.05 Å². The first-order valence-electron chi connectivity index (χ1n) is 6.44. The van der Waals surface area contributed by atoms with E-state index in [1.54, 1.807) is 17.8 Å². The van der Waals surface area contributed by atoms with Gasteiger partial charge in [-0.2, -0.15) is 10.2 Å². The number of carbonyl (C=O) groups excluding carboxylic acids is 1. The number of carboxylic acids is 1. The van der Waals surface area contributed by atoms with Crippen molar-refractivity contribution in [2.75, 3.05) is 5.32 Å². The number of aryl methyl sites for hydroxylation is 2. The molecular weight excluding hydrogens is 274 g/mol. The number of aromatic nitrogens is 4. The Balaban J connectivity index is 2.33. The van der Waals surface area contributed by atoms with Gasteiger partial charge in [0.15, 0.2) is 5.69 Å². The highest BCUT2D eigenvalue weighted by atomic mass is 16.4. The summed E-state index contributed by atoms with van der Waals surface area (Å²) in [5.74, 6) is -1.25. The number of aromatic carboxylic acids is 1. The maximum atomic E-state index is 12.3. The fraction of sp³-hybridized carbons (Fsp3) is 0.385. The number of carboxylic acid groups (broad SMARTS) is 1. The van der Waals surface area contributed by atoms with Crippen LogP contribution in [0.2, 0.25) is 0 Å². The van der Waals surface area contributed by atoms with Gasteiger partial charge in [0.1, 0.15) is 5.82 Å². The number of carbonyl (C=O) groups is 2. The first kappa shape index (κ1) is 14.8. The number of hydrogen-bond donors (Lipinski definition) is 2. The molecule has 0 bridgehead atoms. The Kier molecular flexibility index (Phi) is 3.79. The van der Waals surface area contributed by atoms with Crippen molar-refractivity contribution in [3.05, 3.63) is 29.2 Å². The summed E-state index contributed by atoms with van der Waals surface area (Å²) in [7, 11) is 1.56. The molecule has 8 heteroatoms. The van der Waals surface area contributed by atoms with Crippen LogP contribution in [0, 0.1) is 6.92 Å². The predicted octanol–water partition coefficient (Wildman–Crippen LogP) is 1.46. The molecule has 8 nitrogen and oxygen atoms in total. The molecule has 0 aliphatic heterocycles. The lowest BCUT2D eigenvalue weighted by Gasteiger charge is -2.11. The molecule has 0 saturated heterocycles. The maximum Gasteiger partial charge on any atom is 0.357 e. The summed E-state index contributed by atoms with van der Waals surface area (Å²) >= 11 is 0. The molecular formula is C13H17N5O3.